The average molecular weight is 517 g/mol. The van der Waals surface area contributed by atoms with Crippen molar-refractivity contribution in [1.82, 2.24) is 9.47 Å². The molecule has 0 aliphatic rings. The van der Waals surface area contributed by atoms with E-state index in [9.17, 15) is 9.59 Å². The molecular weight excluding hydrogens is 496 g/mol. The van der Waals surface area contributed by atoms with Gasteiger partial charge in [0.15, 0.2) is 5.75 Å². The SMILES string of the molecule is CCN(CC)C(=O)Oc1ccc2c(ccn2Cc2ccccc2Cl)c1NC(=O)C(Cl)(Cl)Cl. The second-order valence-corrected chi connectivity index (χ2v) is 9.59. The molecule has 0 radical (unpaired) electrons. The fraction of sp³-hybridized carbons (Fsp3) is 0.273. The van der Waals surface area contributed by atoms with Crippen molar-refractivity contribution >= 4 is 75.0 Å². The highest BCUT2D eigenvalue weighted by molar-refractivity contribution is 6.76. The summed E-state index contributed by atoms with van der Waals surface area (Å²) in [6.07, 6.45) is 1.30. The molecule has 0 fully saturated rings. The molecule has 1 N–H and O–H groups in total. The Morgan fingerprint density at radius 2 is 1.75 bits per heavy atom. The van der Waals surface area contributed by atoms with E-state index in [1.54, 1.807) is 18.2 Å². The number of anilines is 1. The largest absolute Gasteiger partial charge is 0.415 e. The number of amides is 2. The lowest BCUT2D eigenvalue weighted by Gasteiger charge is -2.20. The second-order valence-electron chi connectivity index (χ2n) is 6.90. The van der Waals surface area contributed by atoms with Crippen LogP contribution in [0.3, 0.4) is 0 Å². The summed E-state index contributed by atoms with van der Waals surface area (Å²) in [4.78, 5) is 26.5. The Kier molecular flexibility index (Phi) is 7.83. The van der Waals surface area contributed by atoms with Gasteiger partial charge in [0.2, 0.25) is 0 Å². The summed E-state index contributed by atoms with van der Waals surface area (Å²) in [7, 11) is 0. The van der Waals surface area contributed by atoms with E-state index < -0.39 is 15.8 Å². The van der Waals surface area contributed by atoms with Crippen LogP contribution < -0.4 is 10.1 Å². The number of benzene rings is 2. The first-order chi connectivity index (χ1) is 15.2. The number of hydrogen-bond acceptors (Lipinski definition) is 3. The number of rotatable bonds is 6. The molecule has 0 bridgehead atoms. The van der Waals surface area contributed by atoms with Crippen LogP contribution in [0.1, 0.15) is 19.4 Å². The van der Waals surface area contributed by atoms with Gasteiger partial charge in [-0.1, -0.05) is 64.6 Å². The quantitative estimate of drug-likeness (QED) is 0.380. The highest BCUT2D eigenvalue weighted by Gasteiger charge is 2.32. The molecule has 6 nitrogen and oxygen atoms in total. The van der Waals surface area contributed by atoms with Gasteiger partial charge in [-0.25, -0.2) is 4.79 Å². The lowest BCUT2D eigenvalue weighted by Crippen LogP contribution is -2.33. The van der Waals surface area contributed by atoms with E-state index in [4.69, 9.17) is 51.1 Å². The lowest BCUT2D eigenvalue weighted by molar-refractivity contribution is -0.115. The zero-order valence-corrected chi connectivity index (χ0v) is 20.4. The summed E-state index contributed by atoms with van der Waals surface area (Å²) in [5, 5.41) is 3.85. The summed E-state index contributed by atoms with van der Waals surface area (Å²) in [6, 6.07) is 12.7. The predicted octanol–water partition coefficient (Wildman–Crippen LogP) is 6.49. The Morgan fingerprint density at radius 3 is 2.38 bits per heavy atom. The first kappa shape index (κ1) is 24.5. The minimum absolute atomic E-state index is 0.146. The van der Waals surface area contributed by atoms with Gasteiger partial charge in [0.05, 0.1) is 11.2 Å². The number of fused-ring (bicyclic) bond motifs is 1. The van der Waals surface area contributed by atoms with Gasteiger partial charge in [0.25, 0.3) is 9.70 Å². The number of hydrogen-bond donors (Lipinski definition) is 1. The van der Waals surface area contributed by atoms with Gasteiger partial charge in [-0.2, -0.15) is 0 Å². The van der Waals surface area contributed by atoms with Crippen LogP contribution in [0.2, 0.25) is 5.02 Å². The average Bonchev–Trinajstić information content (AvgIpc) is 3.14. The first-order valence-electron chi connectivity index (χ1n) is 9.85. The summed E-state index contributed by atoms with van der Waals surface area (Å²) >= 11 is 23.6. The van der Waals surface area contributed by atoms with Gasteiger partial charge in [0.1, 0.15) is 0 Å². The van der Waals surface area contributed by atoms with Crippen molar-refractivity contribution in [1.29, 1.82) is 0 Å². The molecule has 10 heteroatoms. The molecule has 1 aromatic heterocycles. The molecule has 0 spiro atoms. The third-order valence-corrected chi connectivity index (χ3v) is 5.81. The maximum Gasteiger partial charge on any atom is 0.415 e. The molecule has 2 amide bonds. The summed E-state index contributed by atoms with van der Waals surface area (Å²) < 4.78 is 5.33. The van der Waals surface area contributed by atoms with Crippen molar-refractivity contribution in [2.24, 2.45) is 0 Å². The molecule has 0 aliphatic carbocycles. The maximum absolute atomic E-state index is 12.5. The van der Waals surface area contributed by atoms with Gasteiger partial charge >= 0.3 is 6.09 Å². The minimum atomic E-state index is -2.19. The number of nitrogens with one attached hydrogen (secondary N) is 1. The monoisotopic (exact) mass is 515 g/mol. The molecule has 2 aromatic carbocycles. The number of halogens is 4. The van der Waals surface area contributed by atoms with Crippen LogP contribution in [0, 0.1) is 0 Å². The second kappa shape index (κ2) is 10.2. The van der Waals surface area contributed by atoms with E-state index in [0.717, 1.165) is 11.1 Å². The number of carbonyl (C=O) groups excluding carboxylic acids is 2. The van der Waals surface area contributed by atoms with E-state index in [1.165, 1.54) is 4.90 Å². The molecule has 3 aromatic rings. The molecule has 0 atom stereocenters. The Labute approximate surface area is 205 Å². The molecule has 32 heavy (non-hydrogen) atoms. The van der Waals surface area contributed by atoms with Crippen LogP contribution in [-0.2, 0) is 11.3 Å². The fourth-order valence-corrected chi connectivity index (χ4v) is 3.58. The molecule has 0 aliphatic heterocycles. The summed E-state index contributed by atoms with van der Waals surface area (Å²) in [5.41, 5.74) is 1.93. The number of alkyl halides is 3. The first-order valence-corrected chi connectivity index (χ1v) is 11.4. The highest BCUT2D eigenvalue weighted by Crippen LogP contribution is 2.37. The molecule has 1 heterocycles. The Bertz CT molecular complexity index is 1140. The minimum Gasteiger partial charge on any atom is -0.408 e. The van der Waals surface area contributed by atoms with Crippen molar-refractivity contribution in [3.05, 3.63) is 59.2 Å². The molecule has 0 saturated carbocycles. The molecule has 0 saturated heterocycles. The lowest BCUT2D eigenvalue weighted by atomic mass is 10.2. The van der Waals surface area contributed by atoms with E-state index in [2.05, 4.69) is 5.32 Å². The van der Waals surface area contributed by atoms with Gasteiger partial charge in [-0.15, -0.1) is 0 Å². The van der Waals surface area contributed by atoms with E-state index in [-0.39, 0.29) is 11.4 Å². The summed E-state index contributed by atoms with van der Waals surface area (Å²) in [5.74, 6) is -0.721. The van der Waals surface area contributed by atoms with Crippen LogP contribution >= 0.6 is 46.4 Å². The maximum atomic E-state index is 12.5. The fourth-order valence-electron chi connectivity index (χ4n) is 3.24. The molecule has 170 valence electrons. The Balaban J connectivity index is 2.05. The zero-order chi connectivity index (χ0) is 23.5. The molecular formula is C22H21Cl4N3O3. The standard InChI is InChI=1S/C22H21Cl4N3O3/c1-3-28(4-2)21(31)32-18-10-9-17-15(19(18)27-20(30)22(24,25)26)11-12-29(17)13-14-7-5-6-8-16(14)23/h5-12H,3-4,13H2,1-2H3,(H,27,30). The van der Waals surface area contributed by atoms with Crippen LogP contribution in [-0.4, -0.2) is 38.3 Å². The van der Waals surface area contributed by atoms with Crippen LogP contribution in [0.15, 0.2) is 48.7 Å². The van der Waals surface area contributed by atoms with Gasteiger partial charge in [-0.3, -0.25) is 4.79 Å². The van der Waals surface area contributed by atoms with Crippen molar-refractivity contribution in [3.8, 4) is 5.75 Å². The van der Waals surface area contributed by atoms with Crippen molar-refractivity contribution in [2.45, 2.75) is 24.2 Å². The van der Waals surface area contributed by atoms with Gasteiger partial charge < -0.3 is 19.5 Å². The highest BCUT2D eigenvalue weighted by atomic mass is 35.6. The topological polar surface area (TPSA) is 63.6 Å². The Morgan fingerprint density at radius 1 is 1.06 bits per heavy atom. The van der Waals surface area contributed by atoms with Gasteiger partial charge in [0, 0.05) is 36.2 Å². The van der Waals surface area contributed by atoms with Crippen molar-refractivity contribution < 1.29 is 14.3 Å². The van der Waals surface area contributed by atoms with E-state index in [0.29, 0.717) is 30.0 Å². The predicted molar refractivity (Wildman–Crippen MR) is 130 cm³/mol. The number of aromatic nitrogens is 1. The normalized spacial score (nSPS) is 11.4. The smallest absolute Gasteiger partial charge is 0.408 e. The van der Waals surface area contributed by atoms with Gasteiger partial charge in [-0.05, 0) is 43.7 Å². The van der Waals surface area contributed by atoms with Crippen LogP contribution in [0.25, 0.3) is 10.9 Å². The van der Waals surface area contributed by atoms with E-state index in [1.807, 2.05) is 48.9 Å². The third-order valence-electron chi connectivity index (χ3n) is 4.93. The molecule has 3 rings (SSSR count). The Hall–Kier alpha value is -2.12. The van der Waals surface area contributed by atoms with Crippen molar-refractivity contribution in [3.63, 3.8) is 0 Å². The number of carbonyl (C=O) groups is 2. The third kappa shape index (κ3) is 5.44. The number of ether oxygens (including phenoxy) is 1. The van der Waals surface area contributed by atoms with Crippen LogP contribution in [0.4, 0.5) is 10.5 Å². The van der Waals surface area contributed by atoms with Crippen molar-refractivity contribution in [2.75, 3.05) is 18.4 Å². The van der Waals surface area contributed by atoms with E-state index >= 15 is 0 Å². The van der Waals surface area contributed by atoms with Crippen LogP contribution in [0.5, 0.6) is 5.75 Å². The molecule has 0 unspecified atom stereocenters. The zero-order valence-electron chi connectivity index (χ0n) is 17.4. The summed E-state index contributed by atoms with van der Waals surface area (Å²) in [6.45, 7) is 5.13. The number of nitrogens with zero attached hydrogens (tertiary/aromatic N) is 2.